The molecule has 2 aliphatic rings. The van der Waals surface area contributed by atoms with E-state index in [-0.39, 0.29) is 11.8 Å². The summed E-state index contributed by atoms with van der Waals surface area (Å²) in [5, 5.41) is 8.98. The number of rotatable bonds is 4. The van der Waals surface area contributed by atoms with Gasteiger partial charge in [0.15, 0.2) is 0 Å². The summed E-state index contributed by atoms with van der Waals surface area (Å²) >= 11 is 0. The van der Waals surface area contributed by atoms with Crippen molar-refractivity contribution in [3.63, 3.8) is 0 Å². The lowest BCUT2D eigenvalue weighted by Gasteiger charge is -2.32. The number of fused-ring (bicyclic) bond motifs is 1. The second-order valence-corrected chi connectivity index (χ2v) is 7.90. The molecule has 1 aromatic carbocycles. The number of methoxy groups -OCH3 is 1. The molecule has 4 rings (SSSR count). The summed E-state index contributed by atoms with van der Waals surface area (Å²) in [6.45, 7) is 5.05. The van der Waals surface area contributed by atoms with E-state index in [1.807, 2.05) is 29.2 Å². The summed E-state index contributed by atoms with van der Waals surface area (Å²) < 4.78 is 7.44. The molecule has 7 heteroatoms. The fourth-order valence-corrected chi connectivity index (χ4v) is 4.22. The fraction of sp³-hybridized carbons (Fsp3) is 0.571. The second kappa shape index (κ2) is 8.41. The van der Waals surface area contributed by atoms with E-state index in [1.165, 1.54) is 0 Å². The number of hydrogen-bond acceptors (Lipinski definition) is 5. The van der Waals surface area contributed by atoms with Gasteiger partial charge in [-0.05, 0) is 37.6 Å². The van der Waals surface area contributed by atoms with Crippen molar-refractivity contribution < 1.29 is 9.53 Å². The minimum Gasteiger partial charge on any atom is -0.380 e. The molecule has 3 heterocycles. The molecule has 1 aromatic heterocycles. The summed E-state index contributed by atoms with van der Waals surface area (Å²) in [5.41, 5.74) is 1.81. The molecule has 150 valence electrons. The number of aromatic nitrogens is 3. The van der Waals surface area contributed by atoms with E-state index in [9.17, 15) is 4.79 Å². The van der Waals surface area contributed by atoms with Crippen LogP contribution in [0.1, 0.15) is 46.3 Å². The summed E-state index contributed by atoms with van der Waals surface area (Å²) in [4.78, 5) is 17.3. The summed E-state index contributed by atoms with van der Waals surface area (Å²) in [7, 11) is 3.83. The van der Waals surface area contributed by atoms with Crippen LogP contribution in [0.3, 0.4) is 0 Å². The third kappa shape index (κ3) is 3.95. The topological polar surface area (TPSA) is 63.5 Å². The Labute approximate surface area is 166 Å². The number of likely N-dealkylation sites (N-methyl/N-ethyl adjacent to an activating group) is 1. The van der Waals surface area contributed by atoms with Crippen LogP contribution < -0.4 is 0 Å². The molecule has 0 radical (unpaired) electrons. The number of likely N-dealkylation sites (tertiary alicyclic amines) is 1. The first-order valence-corrected chi connectivity index (χ1v) is 10.1. The number of ether oxygens (including phenoxy) is 1. The Kier molecular flexibility index (Phi) is 5.73. The molecular formula is C21H29N5O2. The van der Waals surface area contributed by atoms with Crippen molar-refractivity contribution in [1.82, 2.24) is 24.6 Å². The minimum atomic E-state index is 0.101. The monoisotopic (exact) mass is 383 g/mol. The van der Waals surface area contributed by atoms with E-state index in [4.69, 9.17) is 4.74 Å². The number of amides is 1. The quantitative estimate of drug-likeness (QED) is 0.807. The van der Waals surface area contributed by atoms with Gasteiger partial charge in [0.1, 0.15) is 11.6 Å². The smallest absolute Gasteiger partial charge is 0.253 e. The number of piperidine rings is 1. The zero-order valence-corrected chi connectivity index (χ0v) is 16.8. The first-order chi connectivity index (χ1) is 13.7. The minimum absolute atomic E-state index is 0.101. The van der Waals surface area contributed by atoms with E-state index in [0.29, 0.717) is 13.2 Å². The van der Waals surface area contributed by atoms with Gasteiger partial charge in [0.25, 0.3) is 5.91 Å². The number of carbonyl (C=O) groups excluding carboxylic acids is 1. The van der Waals surface area contributed by atoms with Gasteiger partial charge in [0.05, 0.1) is 6.61 Å². The standard InChI is InChI=1S/C21H29N5O2/c1-24-11-9-19-22-23-20(26(19)13-12-24)18-4-3-10-25(14-18)21(27)17-7-5-16(6-8-17)15-28-2/h5-8,18H,3-4,9-15H2,1-2H3/t18-/m1/s1. The first-order valence-electron chi connectivity index (χ1n) is 10.1. The average molecular weight is 383 g/mol. The van der Waals surface area contributed by atoms with E-state index >= 15 is 0 Å². The fourth-order valence-electron chi connectivity index (χ4n) is 4.22. The highest BCUT2D eigenvalue weighted by Crippen LogP contribution is 2.28. The van der Waals surface area contributed by atoms with Gasteiger partial charge in [-0.15, -0.1) is 10.2 Å². The van der Waals surface area contributed by atoms with Crippen molar-refractivity contribution in [2.75, 3.05) is 40.3 Å². The number of carbonyl (C=O) groups is 1. The molecule has 0 N–H and O–H groups in total. The van der Waals surface area contributed by atoms with Gasteiger partial charge in [0.2, 0.25) is 0 Å². The van der Waals surface area contributed by atoms with Gasteiger partial charge in [0, 0.05) is 57.7 Å². The van der Waals surface area contributed by atoms with Crippen molar-refractivity contribution in [2.24, 2.45) is 0 Å². The van der Waals surface area contributed by atoms with Gasteiger partial charge in [-0.2, -0.15) is 0 Å². The molecule has 0 spiro atoms. The highest BCUT2D eigenvalue weighted by atomic mass is 16.5. The van der Waals surface area contributed by atoms with Crippen molar-refractivity contribution in [1.29, 1.82) is 0 Å². The van der Waals surface area contributed by atoms with Crippen LogP contribution in [-0.4, -0.2) is 70.8 Å². The predicted octanol–water partition coefficient (Wildman–Crippen LogP) is 1.93. The zero-order chi connectivity index (χ0) is 19.5. The maximum Gasteiger partial charge on any atom is 0.253 e. The van der Waals surface area contributed by atoms with Gasteiger partial charge < -0.3 is 19.1 Å². The highest BCUT2D eigenvalue weighted by Gasteiger charge is 2.30. The molecule has 1 amide bonds. The Hall–Kier alpha value is -2.25. The lowest BCUT2D eigenvalue weighted by molar-refractivity contribution is 0.0703. The van der Waals surface area contributed by atoms with E-state index in [2.05, 4.69) is 26.7 Å². The summed E-state index contributed by atoms with van der Waals surface area (Å²) in [6.07, 6.45) is 3.00. The maximum atomic E-state index is 13.0. The van der Waals surface area contributed by atoms with Crippen LogP contribution in [0.25, 0.3) is 0 Å². The third-order valence-corrected chi connectivity index (χ3v) is 5.86. The van der Waals surface area contributed by atoms with Crippen molar-refractivity contribution in [2.45, 2.75) is 38.3 Å². The number of nitrogens with zero attached hydrogens (tertiary/aromatic N) is 5. The number of hydrogen-bond donors (Lipinski definition) is 0. The maximum absolute atomic E-state index is 13.0. The van der Waals surface area contributed by atoms with Crippen LogP contribution in [0.2, 0.25) is 0 Å². The Morgan fingerprint density at radius 2 is 1.96 bits per heavy atom. The lowest BCUT2D eigenvalue weighted by Crippen LogP contribution is -2.40. The van der Waals surface area contributed by atoms with Gasteiger partial charge in [-0.25, -0.2) is 0 Å². The second-order valence-electron chi connectivity index (χ2n) is 7.90. The van der Waals surface area contributed by atoms with Crippen LogP contribution >= 0.6 is 0 Å². The molecule has 0 unspecified atom stereocenters. The molecule has 7 nitrogen and oxygen atoms in total. The van der Waals surface area contributed by atoms with Crippen molar-refractivity contribution in [3.05, 3.63) is 47.0 Å². The van der Waals surface area contributed by atoms with Crippen LogP contribution in [-0.2, 0) is 24.3 Å². The van der Waals surface area contributed by atoms with Gasteiger partial charge in [-0.1, -0.05) is 12.1 Å². The van der Waals surface area contributed by atoms with Crippen LogP contribution in [0.15, 0.2) is 24.3 Å². The molecule has 0 aliphatic carbocycles. The molecule has 1 fully saturated rings. The number of benzene rings is 1. The molecule has 1 atom stereocenters. The highest BCUT2D eigenvalue weighted by molar-refractivity contribution is 5.94. The Morgan fingerprint density at radius 3 is 2.75 bits per heavy atom. The first kappa shape index (κ1) is 19.1. The van der Waals surface area contributed by atoms with Crippen molar-refractivity contribution in [3.8, 4) is 0 Å². The SMILES string of the molecule is COCc1ccc(C(=O)N2CCC[C@@H](c3nnc4n3CCN(C)CC4)C2)cc1. The average Bonchev–Trinajstić information content (AvgIpc) is 3.05. The van der Waals surface area contributed by atoms with E-state index in [1.54, 1.807) is 7.11 Å². The Morgan fingerprint density at radius 1 is 1.14 bits per heavy atom. The third-order valence-electron chi connectivity index (χ3n) is 5.86. The summed E-state index contributed by atoms with van der Waals surface area (Å²) in [6, 6.07) is 7.73. The molecule has 1 saturated heterocycles. The molecule has 2 aromatic rings. The molecule has 0 bridgehead atoms. The largest absolute Gasteiger partial charge is 0.380 e. The van der Waals surface area contributed by atoms with Crippen LogP contribution in [0.5, 0.6) is 0 Å². The normalized spacial score (nSPS) is 20.6. The van der Waals surface area contributed by atoms with Gasteiger partial charge >= 0.3 is 0 Å². The Bertz CT molecular complexity index is 817. The molecule has 2 aliphatic heterocycles. The predicted molar refractivity (Wildman–Crippen MR) is 106 cm³/mol. The van der Waals surface area contributed by atoms with Crippen LogP contribution in [0, 0.1) is 0 Å². The molecule has 28 heavy (non-hydrogen) atoms. The molecule has 0 saturated carbocycles. The van der Waals surface area contributed by atoms with E-state index in [0.717, 1.165) is 68.2 Å². The van der Waals surface area contributed by atoms with Crippen LogP contribution in [0.4, 0.5) is 0 Å². The van der Waals surface area contributed by atoms with E-state index < -0.39 is 0 Å². The Balaban J connectivity index is 1.48. The summed E-state index contributed by atoms with van der Waals surface area (Å²) in [5.74, 6) is 2.49. The lowest BCUT2D eigenvalue weighted by atomic mass is 9.96. The zero-order valence-electron chi connectivity index (χ0n) is 16.8. The molecular weight excluding hydrogens is 354 g/mol. The van der Waals surface area contributed by atoms with Gasteiger partial charge in [-0.3, -0.25) is 4.79 Å². The van der Waals surface area contributed by atoms with Crippen molar-refractivity contribution >= 4 is 5.91 Å².